The van der Waals surface area contributed by atoms with Gasteiger partial charge in [0.2, 0.25) is 0 Å². The van der Waals surface area contributed by atoms with Crippen LogP contribution in [0.4, 0.5) is 4.79 Å². The molecule has 0 aromatic carbocycles. The minimum Gasteiger partial charge on any atom is -0.307 e. The smallest absolute Gasteiger partial charge is 0.307 e. The molecule has 60 valence electrons. The Hall–Kier alpha value is -1.32. The zero-order valence-corrected chi connectivity index (χ0v) is 6.55. The van der Waals surface area contributed by atoms with Crippen LogP contribution in [0.1, 0.15) is 6.42 Å². The van der Waals surface area contributed by atoms with Crippen molar-refractivity contribution in [2.75, 3.05) is 13.6 Å². The summed E-state index contributed by atoms with van der Waals surface area (Å²) in [5.74, 6) is 0.822. The van der Waals surface area contributed by atoms with Crippen LogP contribution in [-0.2, 0) is 0 Å². The molecule has 1 aliphatic rings. The molecule has 0 atom stereocenters. The van der Waals surface area contributed by atoms with Gasteiger partial charge in [0.05, 0.1) is 12.6 Å². The lowest BCUT2D eigenvalue weighted by molar-refractivity contribution is -0.376. The van der Waals surface area contributed by atoms with Gasteiger partial charge in [-0.05, 0) is 0 Å². The molecule has 4 nitrogen and oxygen atoms in total. The van der Waals surface area contributed by atoms with Crippen LogP contribution in [0.3, 0.4) is 0 Å². The molecule has 2 amide bonds. The third-order valence-electron chi connectivity index (χ3n) is 1.58. The maximum absolute atomic E-state index is 11.0. The molecule has 0 spiro atoms. The summed E-state index contributed by atoms with van der Waals surface area (Å²) in [6.45, 7) is 4.25. The molecule has 1 fully saturated rings. The molecule has 1 saturated heterocycles. The molecule has 0 aromatic heterocycles. The predicted octanol–water partition coefficient (Wildman–Crippen LogP) is -1.35. The number of urea groups is 1. The van der Waals surface area contributed by atoms with Gasteiger partial charge in [-0.15, -0.1) is 0 Å². The van der Waals surface area contributed by atoms with E-state index in [1.54, 1.807) is 18.1 Å². The molecule has 4 heteroatoms. The number of rotatable bonds is 1. The molecule has 1 rings (SSSR count). The molecular formula is C7H12N3O+. The van der Waals surface area contributed by atoms with Crippen molar-refractivity contribution in [1.82, 2.24) is 10.2 Å². The van der Waals surface area contributed by atoms with Gasteiger partial charge in [0, 0.05) is 13.6 Å². The molecule has 0 saturated carbocycles. The van der Waals surface area contributed by atoms with Crippen molar-refractivity contribution in [1.29, 1.82) is 0 Å². The Kier molecular flexibility index (Phi) is 2.25. The maximum atomic E-state index is 11.0. The number of hydrogen-bond donors (Lipinski definition) is 2. The fourth-order valence-corrected chi connectivity index (χ4v) is 0.900. The summed E-state index contributed by atoms with van der Waals surface area (Å²) < 4.78 is 0. The van der Waals surface area contributed by atoms with Gasteiger partial charge in [-0.2, -0.15) is 5.32 Å². The quantitative estimate of drug-likeness (QED) is 0.482. The van der Waals surface area contributed by atoms with Crippen LogP contribution >= 0.6 is 0 Å². The molecule has 0 bridgehead atoms. The molecule has 11 heavy (non-hydrogen) atoms. The number of nitrogens with zero attached hydrogens (tertiary/aromatic N) is 1. The lowest BCUT2D eigenvalue weighted by atomic mass is 10.3. The number of nitrogens with one attached hydrogen (secondary N) is 2. The zero-order chi connectivity index (χ0) is 8.27. The lowest BCUT2D eigenvalue weighted by Gasteiger charge is -2.18. The number of hydrogen-bond acceptors (Lipinski definition) is 1. The maximum Gasteiger partial charge on any atom is 0.408 e. The van der Waals surface area contributed by atoms with Crippen molar-refractivity contribution < 1.29 is 9.79 Å². The average Bonchev–Trinajstić information content (AvgIpc) is 1.98. The third-order valence-corrected chi connectivity index (χ3v) is 1.58. The summed E-state index contributed by atoms with van der Waals surface area (Å²) in [4.78, 5) is 15.5. The molecule has 2 N–H and O–H groups in total. The van der Waals surface area contributed by atoms with Gasteiger partial charge in [-0.25, -0.2) is 4.79 Å². The Morgan fingerprint density at radius 1 is 1.82 bits per heavy atom. The first-order valence-electron chi connectivity index (χ1n) is 3.49. The molecule has 1 aliphatic heterocycles. The van der Waals surface area contributed by atoms with Crippen LogP contribution < -0.4 is 10.3 Å². The third kappa shape index (κ3) is 1.80. The summed E-state index contributed by atoms with van der Waals surface area (Å²) in [5, 5.41) is 2.69. The van der Waals surface area contributed by atoms with E-state index in [-0.39, 0.29) is 6.03 Å². The van der Waals surface area contributed by atoms with Crippen LogP contribution in [0.25, 0.3) is 0 Å². The summed E-state index contributed by atoms with van der Waals surface area (Å²) in [5.41, 5.74) is 0. The van der Waals surface area contributed by atoms with E-state index in [9.17, 15) is 4.79 Å². The van der Waals surface area contributed by atoms with Gasteiger partial charge in [-0.3, -0.25) is 4.99 Å². The molecule has 0 aromatic rings. The van der Waals surface area contributed by atoms with Gasteiger partial charge in [-0.1, -0.05) is 6.58 Å². The predicted molar refractivity (Wildman–Crippen MR) is 41.9 cm³/mol. The summed E-state index contributed by atoms with van der Waals surface area (Å²) >= 11 is 0. The molecule has 0 unspecified atom stereocenters. The number of carbonyl (C=O) groups is 1. The van der Waals surface area contributed by atoms with E-state index in [1.165, 1.54) is 0 Å². The van der Waals surface area contributed by atoms with E-state index in [2.05, 4.69) is 16.9 Å². The second kappa shape index (κ2) is 3.18. The monoisotopic (exact) mass is 154 g/mol. The first kappa shape index (κ1) is 7.78. The van der Waals surface area contributed by atoms with Gasteiger partial charge < -0.3 is 4.90 Å². The summed E-state index contributed by atoms with van der Waals surface area (Å²) in [7, 11) is 1.76. The van der Waals surface area contributed by atoms with Crippen molar-refractivity contribution in [2.24, 2.45) is 0 Å². The largest absolute Gasteiger partial charge is 0.408 e. The van der Waals surface area contributed by atoms with Crippen molar-refractivity contribution in [3.05, 3.63) is 12.8 Å². The first-order chi connectivity index (χ1) is 5.24. The minimum absolute atomic E-state index is 0.0689. The van der Waals surface area contributed by atoms with E-state index >= 15 is 0 Å². The fourth-order valence-electron chi connectivity index (χ4n) is 0.900. The Labute approximate surface area is 65.6 Å². The molecule has 0 radical (unpaired) electrons. The van der Waals surface area contributed by atoms with Gasteiger partial charge in [0.15, 0.2) is 0 Å². The number of amides is 2. The van der Waals surface area contributed by atoms with E-state index in [0.717, 1.165) is 18.8 Å². The van der Waals surface area contributed by atoms with Crippen LogP contribution in [0.15, 0.2) is 12.8 Å². The van der Waals surface area contributed by atoms with Crippen molar-refractivity contribution in [3.8, 4) is 0 Å². The minimum atomic E-state index is -0.0689. The first-order valence-corrected chi connectivity index (χ1v) is 3.49. The van der Waals surface area contributed by atoms with Gasteiger partial charge in [0.1, 0.15) is 0 Å². The summed E-state index contributed by atoms with van der Waals surface area (Å²) in [6.07, 6.45) is 2.38. The second-order valence-corrected chi connectivity index (χ2v) is 2.43. The van der Waals surface area contributed by atoms with E-state index < -0.39 is 0 Å². The second-order valence-electron chi connectivity index (χ2n) is 2.43. The van der Waals surface area contributed by atoms with E-state index in [4.69, 9.17) is 0 Å². The number of carbonyl (C=O) groups excluding carboxylic acids is 1. The van der Waals surface area contributed by atoms with Gasteiger partial charge in [0.25, 0.3) is 5.84 Å². The lowest BCUT2D eigenvalue weighted by Crippen LogP contribution is -2.73. The highest BCUT2D eigenvalue weighted by Gasteiger charge is 2.23. The van der Waals surface area contributed by atoms with Crippen LogP contribution in [0, 0.1) is 0 Å². The van der Waals surface area contributed by atoms with Gasteiger partial charge >= 0.3 is 6.03 Å². The SMILES string of the molecule is C=C[NH+]=C1CCN(C)C(=O)N1. The zero-order valence-electron chi connectivity index (χ0n) is 6.55. The summed E-state index contributed by atoms with van der Waals surface area (Å²) in [6, 6.07) is -0.0689. The molecule has 1 heterocycles. The van der Waals surface area contributed by atoms with E-state index in [1.807, 2.05) is 0 Å². The Morgan fingerprint density at radius 2 is 2.55 bits per heavy atom. The topological polar surface area (TPSA) is 46.3 Å². The Morgan fingerprint density at radius 3 is 3.09 bits per heavy atom. The Balaban J connectivity index is 2.59. The highest BCUT2D eigenvalue weighted by Crippen LogP contribution is 1.93. The normalized spacial score (nSPS) is 21.7. The van der Waals surface area contributed by atoms with Crippen LogP contribution in [0.5, 0.6) is 0 Å². The standard InChI is InChI=1S/C7H11N3O/c1-3-8-6-4-5-10(2)7(11)9-6/h3H,1,4-5H2,2H3,(H,8,9,11)/p+1. The number of amidine groups is 1. The molecular weight excluding hydrogens is 142 g/mol. The average molecular weight is 154 g/mol. The van der Waals surface area contributed by atoms with Crippen LogP contribution in [0.2, 0.25) is 0 Å². The Bertz CT molecular complexity index is 210. The van der Waals surface area contributed by atoms with Crippen molar-refractivity contribution in [2.45, 2.75) is 6.42 Å². The van der Waals surface area contributed by atoms with Crippen LogP contribution in [-0.4, -0.2) is 30.4 Å². The van der Waals surface area contributed by atoms with Crippen molar-refractivity contribution >= 4 is 11.9 Å². The highest BCUT2D eigenvalue weighted by atomic mass is 16.2. The van der Waals surface area contributed by atoms with E-state index in [0.29, 0.717) is 0 Å². The fraction of sp³-hybridized carbons (Fsp3) is 0.429. The highest BCUT2D eigenvalue weighted by molar-refractivity contribution is 5.96. The molecule has 0 aliphatic carbocycles. The van der Waals surface area contributed by atoms with Crippen molar-refractivity contribution in [3.63, 3.8) is 0 Å².